The number of carbonyl (C=O) groups is 2. The van der Waals surface area contributed by atoms with Crippen LogP contribution in [0.5, 0.6) is 0 Å². The van der Waals surface area contributed by atoms with E-state index in [1.807, 2.05) is 4.90 Å². The number of nitrogens with zero attached hydrogens (tertiary/aromatic N) is 3. The van der Waals surface area contributed by atoms with Crippen molar-refractivity contribution in [2.24, 2.45) is 5.92 Å². The van der Waals surface area contributed by atoms with Gasteiger partial charge >= 0.3 is 12.0 Å². The van der Waals surface area contributed by atoms with Gasteiger partial charge in [-0.25, -0.2) is 4.79 Å². The van der Waals surface area contributed by atoms with E-state index in [-0.39, 0.29) is 12.5 Å². The summed E-state index contributed by atoms with van der Waals surface area (Å²) in [5.41, 5.74) is 3.83. The molecular weight excluding hydrogens is 390 g/mol. The molecule has 6 heteroatoms. The lowest BCUT2D eigenvalue weighted by molar-refractivity contribution is -0.137. The molecule has 1 aromatic carbocycles. The van der Waals surface area contributed by atoms with Crippen LogP contribution >= 0.6 is 0 Å². The lowest BCUT2D eigenvalue weighted by Gasteiger charge is -2.34. The van der Waals surface area contributed by atoms with Crippen molar-refractivity contribution in [2.45, 2.75) is 83.3 Å². The van der Waals surface area contributed by atoms with Crippen LogP contribution in [0, 0.1) is 5.92 Å². The minimum absolute atomic E-state index is 0.140. The molecule has 170 valence electrons. The lowest BCUT2D eigenvalue weighted by Crippen LogP contribution is -2.41. The number of amides is 2. The number of carbonyl (C=O) groups excluding carboxylic acids is 1. The van der Waals surface area contributed by atoms with Crippen molar-refractivity contribution in [2.75, 3.05) is 25.0 Å². The van der Waals surface area contributed by atoms with E-state index >= 15 is 0 Å². The van der Waals surface area contributed by atoms with Crippen LogP contribution in [0.25, 0.3) is 0 Å². The Labute approximate surface area is 186 Å². The number of carboxylic acids is 1. The third kappa shape index (κ3) is 4.74. The van der Waals surface area contributed by atoms with Crippen LogP contribution in [0.3, 0.4) is 0 Å². The molecule has 31 heavy (non-hydrogen) atoms. The standard InChI is InChI=1S/C25H37N3O3/c1-17-14-20-7-10-23(16-21(20)15-18(2)26(17)3)28-13-12-27(25(28)31)22-8-4-19(5-9-22)6-11-24(29)30/h7,10,16-19,22H,4-6,8-9,11-15H2,1-3H3,(H,29,30). The normalized spacial score (nSPS) is 29.7. The van der Waals surface area contributed by atoms with E-state index in [0.717, 1.165) is 63.7 Å². The van der Waals surface area contributed by atoms with E-state index in [1.165, 1.54) is 11.1 Å². The van der Waals surface area contributed by atoms with Crippen LogP contribution in [-0.2, 0) is 17.6 Å². The molecule has 0 spiro atoms. The third-order valence-electron chi connectivity index (χ3n) is 7.99. The van der Waals surface area contributed by atoms with Gasteiger partial charge in [0.05, 0.1) is 0 Å². The van der Waals surface area contributed by atoms with Crippen molar-refractivity contribution >= 4 is 17.7 Å². The molecule has 2 amide bonds. The smallest absolute Gasteiger partial charge is 0.324 e. The van der Waals surface area contributed by atoms with E-state index in [9.17, 15) is 9.59 Å². The zero-order chi connectivity index (χ0) is 22.1. The summed E-state index contributed by atoms with van der Waals surface area (Å²) in [6, 6.07) is 8.07. The first kappa shape index (κ1) is 22.1. The number of likely N-dealkylation sites (N-methyl/N-ethyl adjacent to an activating group) is 1. The third-order valence-corrected chi connectivity index (χ3v) is 7.99. The predicted octanol–water partition coefficient (Wildman–Crippen LogP) is 4.16. The zero-order valence-electron chi connectivity index (χ0n) is 19.2. The molecule has 3 aliphatic rings. The van der Waals surface area contributed by atoms with Crippen molar-refractivity contribution in [3.63, 3.8) is 0 Å². The average Bonchev–Trinajstić information content (AvgIpc) is 3.09. The molecule has 1 aliphatic carbocycles. The second kappa shape index (κ2) is 9.19. The maximum Gasteiger partial charge on any atom is 0.324 e. The largest absolute Gasteiger partial charge is 0.481 e. The first-order valence-electron chi connectivity index (χ1n) is 12.0. The predicted molar refractivity (Wildman–Crippen MR) is 123 cm³/mol. The minimum Gasteiger partial charge on any atom is -0.481 e. The van der Waals surface area contributed by atoms with Gasteiger partial charge in [-0.1, -0.05) is 6.07 Å². The number of rotatable bonds is 5. The summed E-state index contributed by atoms with van der Waals surface area (Å²) in [4.78, 5) is 30.6. The molecular formula is C25H37N3O3. The van der Waals surface area contributed by atoms with Gasteiger partial charge in [0.1, 0.15) is 0 Å². The van der Waals surface area contributed by atoms with Gasteiger partial charge in [-0.15, -0.1) is 0 Å². The highest BCUT2D eigenvalue weighted by atomic mass is 16.4. The molecule has 1 aromatic rings. The van der Waals surface area contributed by atoms with Gasteiger partial charge in [0.2, 0.25) is 0 Å². The van der Waals surface area contributed by atoms with Crippen molar-refractivity contribution in [1.82, 2.24) is 9.80 Å². The summed E-state index contributed by atoms with van der Waals surface area (Å²) in [5, 5.41) is 8.91. The highest BCUT2D eigenvalue weighted by Gasteiger charge is 2.36. The van der Waals surface area contributed by atoms with Crippen LogP contribution in [-0.4, -0.2) is 65.2 Å². The Morgan fingerprint density at radius 3 is 2.39 bits per heavy atom. The SMILES string of the molecule is CC1Cc2ccc(N3CCN(C4CCC(CCC(=O)O)CC4)C3=O)cc2CC(C)N1C. The molecule has 1 saturated carbocycles. The van der Waals surface area contributed by atoms with Crippen LogP contribution in [0.2, 0.25) is 0 Å². The van der Waals surface area contributed by atoms with Crippen molar-refractivity contribution in [1.29, 1.82) is 0 Å². The van der Waals surface area contributed by atoms with Crippen LogP contribution in [0.4, 0.5) is 10.5 Å². The summed E-state index contributed by atoms with van der Waals surface area (Å²) in [7, 11) is 2.21. The summed E-state index contributed by atoms with van der Waals surface area (Å²) in [6.45, 7) is 6.12. The van der Waals surface area contributed by atoms with Gasteiger partial charge in [-0.2, -0.15) is 0 Å². The number of anilines is 1. The fraction of sp³-hybridized carbons (Fsp3) is 0.680. The number of aliphatic carboxylic acids is 1. The van der Waals surface area contributed by atoms with Gasteiger partial charge in [-0.3, -0.25) is 9.69 Å². The number of benzene rings is 1. The van der Waals surface area contributed by atoms with Crippen LogP contribution < -0.4 is 4.90 Å². The molecule has 6 nitrogen and oxygen atoms in total. The minimum atomic E-state index is -0.705. The monoisotopic (exact) mass is 427 g/mol. The molecule has 2 unspecified atom stereocenters. The molecule has 2 fully saturated rings. The van der Waals surface area contributed by atoms with Crippen molar-refractivity contribution in [3.05, 3.63) is 29.3 Å². The van der Waals surface area contributed by atoms with Gasteiger partial charge in [0.15, 0.2) is 0 Å². The highest BCUT2D eigenvalue weighted by Crippen LogP contribution is 2.34. The summed E-state index contributed by atoms with van der Waals surface area (Å²) in [5.74, 6) is -0.211. The van der Waals surface area contributed by atoms with E-state index in [4.69, 9.17) is 5.11 Å². The number of urea groups is 1. The first-order valence-corrected chi connectivity index (χ1v) is 12.0. The summed E-state index contributed by atoms with van der Waals surface area (Å²) < 4.78 is 0. The van der Waals surface area contributed by atoms with E-state index in [1.54, 1.807) is 0 Å². The summed E-state index contributed by atoms with van der Waals surface area (Å²) in [6.07, 6.45) is 7.17. The number of carboxylic acid groups (broad SMARTS) is 1. The molecule has 0 aromatic heterocycles. The number of hydrogen-bond donors (Lipinski definition) is 1. The van der Waals surface area contributed by atoms with Crippen LogP contribution in [0.1, 0.15) is 63.5 Å². The van der Waals surface area contributed by atoms with Gasteiger partial charge in [-0.05, 0) is 95.0 Å². The van der Waals surface area contributed by atoms with E-state index in [2.05, 4.69) is 48.9 Å². The fourth-order valence-electron chi connectivity index (χ4n) is 5.73. The highest BCUT2D eigenvalue weighted by molar-refractivity contribution is 5.94. The maximum atomic E-state index is 13.3. The Bertz CT molecular complexity index is 818. The molecule has 0 radical (unpaired) electrons. The second-order valence-corrected chi connectivity index (χ2v) is 9.96. The Kier molecular flexibility index (Phi) is 6.56. The molecule has 4 rings (SSSR count). The molecule has 2 aliphatic heterocycles. The average molecular weight is 428 g/mol. The van der Waals surface area contributed by atoms with Gasteiger partial charge < -0.3 is 14.9 Å². The maximum absolute atomic E-state index is 13.3. The Hall–Kier alpha value is -2.08. The Morgan fingerprint density at radius 2 is 1.71 bits per heavy atom. The van der Waals surface area contributed by atoms with Crippen LogP contribution in [0.15, 0.2) is 18.2 Å². The molecule has 0 bridgehead atoms. The Morgan fingerprint density at radius 1 is 1.03 bits per heavy atom. The zero-order valence-corrected chi connectivity index (χ0v) is 19.2. The summed E-state index contributed by atoms with van der Waals surface area (Å²) >= 11 is 0. The topological polar surface area (TPSA) is 64.1 Å². The van der Waals surface area contributed by atoms with Gasteiger partial charge in [0.25, 0.3) is 0 Å². The molecule has 1 N–H and O–H groups in total. The quantitative estimate of drug-likeness (QED) is 0.766. The molecule has 2 heterocycles. The molecule has 1 saturated heterocycles. The van der Waals surface area contributed by atoms with E-state index < -0.39 is 5.97 Å². The van der Waals surface area contributed by atoms with Gasteiger partial charge in [0, 0.05) is 43.3 Å². The fourth-order valence-corrected chi connectivity index (χ4v) is 5.73. The number of fused-ring (bicyclic) bond motifs is 1. The first-order chi connectivity index (χ1) is 14.8. The Balaban J connectivity index is 1.40. The number of hydrogen-bond acceptors (Lipinski definition) is 3. The second-order valence-electron chi connectivity index (χ2n) is 9.96. The molecule has 2 atom stereocenters. The lowest BCUT2D eigenvalue weighted by atomic mass is 9.83. The van der Waals surface area contributed by atoms with Crippen molar-refractivity contribution < 1.29 is 14.7 Å². The van der Waals surface area contributed by atoms with E-state index in [0.29, 0.717) is 24.0 Å². The van der Waals surface area contributed by atoms with Crippen molar-refractivity contribution in [3.8, 4) is 0 Å².